The van der Waals surface area contributed by atoms with Gasteiger partial charge in [0.05, 0.1) is 17.6 Å². The van der Waals surface area contributed by atoms with Crippen molar-refractivity contribution in [1.29, 1.82) is 0 Å². The molecule has 2 aliphatic rings. The zero-order valence-corrected chi connectivity index (χ0v) is 17.4. The van der Waals surface area contributed by atoms with E-state index in [0.717, 1.165) is 10.6 Å². The highest BCUT2D eigenvalue weighted by atomic mass is 32.1. The molecule has 2 N–H and O–H groups in total. The van der Waals surface area contributed by atoms with Crippen molar-refractivity contribution >= 4 is 34.5 Å². The van der Waals surface area contributed by atoms with Crippen molar-refractivity contribution in [2.45, 2.75) is 18.2 Å². The fraction of sp³-hybridized carbons (Fsp3) is 0.167. The van der Waals surface area contributed by atoms with Gasteiger partial charge in [0, 0.05) is 10.6 Å². The number of aliphatic hydroxyl groups excluding tert-OH is 1. The Bertz CT molecular complexity index is 1100. The third kappa shape index (κ3) is 3.46. The number of thiophene rings is 1. The van der Waals surface area contributed by atoms with Crippen LogP contribution in [0.25, 0.3) is 0 Å². The normalized spacial score (nSPS) is 24.3. The number of hydrazine groups is 1. The molecule has 2 aromatic carbocycles. The number of anilines is 2. The lowest BCUT2D eigenvalue weighted by Crippen LogP contribution is -2.55. The second-order valence-electron chi connectivity index (χ2n) is 7.54. The molecule has 3 heterocycles. The molecule has 156 valence electrons. The largest absolute Gasteiger partial charge is 0.386 e. The number of carbonyl (C=O) groups is 2. The molecular formula is C24H21N3O3S. The monoisotopic (exact) mass is 431 g/mol. The van der Waals surface area contributed by atoms with Crippen LogP contribution in [0.5, 0.6) is 0 Å². The van der Waals surface area contributed by atoms with Crippen molar-refractivity contribution in [2.24, 2.45) is 5.92 Å². The van der Waals surface area contributed by atoms with Crippen LogP contribution < -0.4 is 10.3 Å². The summed E-state index contributed by atoms with van der Waals surface area (Å²) in [7, 11) is 0. The van der Waals surface area contributed by atoms with Gasteiger partial charge in [0.15, 0.2) is 0 Å². The number of imide groups is 1. The van der Waals surface area contributed by atoms with Gasteiger partial charge in [-0.25, -0.2) is 9.91 Å². The van der Waals surface area contributed by atoms with E-state index in [0.29, 0.717) is 5.69 Å². The summed E-state index contributed by atoms with van der Waals surface area (Å²) >= 11 is 1.46. The summed E-state index contributed by atoms with van der Waals surface area (Å²) in [6, 6.07) is 20.9. The number of carbonyl (C=O) groups excluding carboxylic acids is 2. The summed E-state index contributed by atoms with van der Waals surface area (Å²) in [6.45, 7) is 0. The smallest absolute Gasteiger partial charge is 0.254 e. The van der Waals surface area contributed by atoms with Crippen molar-refractivity contribution in [2.75, 3.05) is 10.3 Å². The third-order valence-electron chi connectivity index (χ3n) is 5.66. The van der Waals surface area contributed by atoms with E-state index >= 15 is 0 Å². The highest BCUT2D eigenvalue weighted by molar-refractivity contribution is 7.10. The minimum atomic E-state index is -0.845. The molecule has 1 aromatic heterocycles. The second-order valence-corrected chi connectivity index (χ2v) is 8.52. The van der Waals surface area contributed by atoms with Gasteiger partial charge in [-0.15, -0.1) is 11.3 Å². The minimum Gasteiger partial charge on any atom is -0.386 e. The molecular weight excluding hydrogens is 410 g/mol. The molecule has 7 heteroatoms. The van der Waals surface area contributed by atoms with Gasteiger partial charge in [-0.1, -0.05) is 54.6 Å². The van der Waals surface area contributed by atoms with Gasteiger partial charge in [-0.05, 0) is 35.7 Å². The fourth-order valence-corrected chi connectivity index (χ4v) is 4.94. The van der Waals surface area contributed by atoms with Gasteiger partial charge >= 0.3 is 0 Å². The van der Waals surface area contributed by atoms with Gasteiger partial charge in [-0.3, -0.25) is 9.59 Å². The summed E-state index contributed by atoms with van der Waals surface area (Å²) in [5, 5.41) is 14.7. The number of aliphatic hydroxyl groups is 1. The SMILES string of the molecule is O=C1C2C=CC(C(O)c3cccs3)N(Nc3ccccc3)C2C(=O)N1c1ccccc1. The molecule has 0 bridgehead atoms. The molecule has 4 atom stereocenters. The van der Waals surface area contributed by atoms with Crippen molar-refractivity contribution < 1.29 is 14.7 Å². The van der Waals surface area contributed by atoms with E-state index in [4.69, 9.17) is 0 Å². The quantitative estimate of drug-likeness (QED) is 0.477. The van der Waals surface area contributed by atoms with Crippen LogP contribution in [0, 0.1) is 5.92 Å². The molecule has 1 saturated heterocycles. The van der Waals surface area contributed by atoms with E-state index in [-0.39, 0.29) is 11.8 Å². The van der Waals surface area contributed by atoms with Gasteiger partial charge in [-0.2, -0.15) is 0 Å². The van der Waals surface area contributed by atoms with E-state index in [1.54, 1.807) is 35.4 Å². The highest BCUT2D eigenvalue weighted by Crippen LogP contribution is 2.38. The molecule has 0 aliphatic carbocycles. The third-order valence-corrected chi connectivity index (χ3v) is 6.60. The summed E-state index contributed by atoms with van der Waals surface area (Å²) in [4.78, 5) is 28.8. The van der Waals surface area contributed by atoms with Crippen LogP contribution in [0.3, 0.4) is 0 Å². The van der Waals surface area contributed by atoms with Crippen molar-refractivity contribution in [1.82, 2.24) is 5.01 Å². The fourth-order valence-electron chi connectivity index (χ4n) is 4.19. The summed E-state index contributed by atoms with van der Waals surface area (Å²) in [5.74, 6) is -1.20. The van der Waals surface area contributed by atoms with Gasteiger partial charge in [0.1, 0.15) is 12.1 Å². The topological polar surface area (TPSA) is 72.9 Å². The first kappa shape index (κ1) is 19.7. The number of nitrogens with zero attached hydrogens (tertiary/aromatic N) is 2. The van der Waals surface area contributed by atoms with Gasteiger partial charge < -0.3 is 10.5 Å². The molecule has 0 radical (unpaired) electrons. The standard InChI is InChI=1S/C24H21N3O3S/c28-22(20-12-7-15-31-20)19-14-13-18-21(27(19)25-16-8-3-1-4-9-16)24(30)26(23(18)29)17-10-5-2-6-11-17/h1-15,18-19,21-22,25,28H. The first-order valence-electron chi connectivity index (χ1n) is 10.1. The summed E-state index contributed by atoms with van der Waals surface area (Å²) in [6.07, 6.45) is 2.74. The van der Waals surface area contributed by atoms with Crippen LogP contribution in [-0.2, 0) is 9.59 Å². The first-order chi connectivity index (χ1) is 15.1. The zero-order chi connectivity index (χ0) is 21.4. The van der Waals surface area contributed by atoms with Gasteiger partial charge in [0.2, 0.25) is 5.91 Å². The molecule has 3 aromatic rings. The molecule has 31 heavy (non-hydrogen) atoms. The molecule has 1 fully saturated rings. The Labute approximate surface area is 184 Å². The second kappa shape index (κ2) is 8.11. The number of amides is 2. The Morgan fingerprint density at radius 2 is 1.58 bits per heavy atom. The lowest BCUT2D eigenvalue weighted by Gasteiger charge is -2.40. The Morgan fingerprint density at radius 3 is 2.26 bits per heavy atom. The van der Waals surface area contributed by atoms with Crippen molar-refractivity contribution in [3.8, 4) is 0 Å². The number of para-hydroxylation sites is 2. The maximum absolute atomic E-state index is 13.5. The number of rotatable bonds is 5. The lowest BCUT2D eigenvalue weighted by atomic mass is 9.92. The molecule has 0 saturated carbocycles. The predicted molar refractivity (Wildman–Crippen MR) is 120 cm³/mol. The lowest BCUT2D eigenvalue weighted by molar-refractivity contribution is -0.123. The van der Waals surface area contributed by atoms with Crippen LogP contribution in [-0.4, -0.2) is 34.0 Å². The Kier molecular flexibility index (Phi) is 5.15. The average molecular weight is 432 g/mol. The van der Waals surface area contributed by atoms with Gasteiger partial charge in [0.25, 0.3) is 5.91 Å². The Hall–Kier alpha value is -3.26. The Morgan fingerprint density at radius 1 is 0.871 bits per heavy atom. The number of hydrogen-bond donors (Lipinski definition) is 2. The number of fused-ring (bicyclic) bond motifs is 1. The van der Waals surface area contributed by atoms with Crippen LogP contribution in [0.15, 0.2) is 90.3 Å². The molecule has 6 nitrogen and oxygen atoms in total. The zero-order valence-electron chi connectivity index (χ0n) is 16.5. The molecule has 0 spiro atoms. The average Bonchev–Trinajstić information content (AvgIpc) is 3.42. The number of hydrogen-bond acceptors (Lipinski definition) is 6. The van der Waals surface area contributed by atoms with Crippen LogP contribution in [0.4, 0.5) is 11.4 Å². The van der Waals surface area contributed by atoms with Crippen molar-refractivity contribution in [3.63, 3.8) is 0 Å². The first-order valence-corrected chi connectivity index (χ1v) is 11.0. The summed E-state index contributed by atoms with van der Waals surface area (Å²) in [5.41, 5.74) is 4.62. The van der Waals surface area contributed by atoms with E-state index in [1.807, 2.05) is 60.0 Å². The maximum atomic E-state index is 13.5. The minimum absolute atomic E-state index is 0.263. The number of nitrogens with one attached hydrogen (secondary N) is 1. The Balaban J connectivity index is 1.54. The van der Waals surface area contributed by atoms with E-state index in [9.17, 15) is 14.7 Å². The van der Waals surface area contributed by atoms with E-state index in [2.05, 4.69) is 5.43 Å². The predicted octanol–water partition coefficient (Wildman–Crippen LogP) is 3.61. The summed E-state index contributed by atoms with van der Waals surface area (Å²) < 4.78 is 0. The van der Waals surface area contributed by atoms with Crippen LogP contribution in [0.2, 0.25) is 0 Å². The molecule has 5 rings (SSSR count). The molecule has 2 amide bonds. The van der Waals surface area contributed by atoms with Crippen LogP contribution in [0.1, 0.15) is 11.0 Å². The van der Waals surface area contributed by atoms with Crippen molar-refractivity contribution in [3.05, 3.63) is 95.2 Å². The molecule has 4 unspecified atom stereocenters. The highest BCUT2D eigenvalue weighted by Gasteiger charge is 2.54. The van der Waals surface area contributed by atoms with E-state index < -0.39 is 24.1 Å². The molecule has 2 aliphatic heterocycles. The number of benzene rings is 2. The van der Waals surface area contributed by atoms with Crippen LogP contribution >= 0.6 is 11.3 Å². The van der Waals surface area contributed by atoms with E-state index in [1.165, 1.54) is 16.2 Å². The maximum Gasteiger partial charge on any atom is 0.254 e.